The highest BCUT2D eigenvalue weighted by Crippen LogP contribution is 2.17. The predicted octanol–water partition coefficient (Wildman–Crippen LogP) is 0.742. The van der Waals surface area contributed by atoms with Gasteiger partial charge in [-0.25, -0.2) is 0 Å². The summed E-state index contributed by atoms with van der Waals surface area (Å²) in [6.07, 6.45) is 5.43. The molecule has 84 valence electrons. The van der Waals surface area contributed by atoms with Gasteiger partial charge in [0.2, 0.25) is 0 Å². The molecule has 4 nitrogen and oxygen atoms in total. The average Bonchev–Trinajstić information content (AvgIpc) is 2.13. The number of hydrogen-bond donors (Lipinski definition) is 1. The number of nitrogens with one attached hydrogen (secondary N) is 1. The molecule has 14 heavy (non-hydrogen) atoms. The molecule has 0 radical (unpaired) electrons. The largest absolute Gasteiger partial charge is 0.317 e. The zero-order valence-electron chi connectivity index (χ0n) is 8.66. The molecular weight excluding hydrogens is 202 g/mol. The third-order valence-corrected chi connectivity index (χ3v) is 3.11. The normalized spacial score (nSPS) is 19.8. The van der Waals surface area contributed by atoms with Crippen LogP contribution < -0.4 is 5.32 Å². The molecule has 1 saturated heterocycles. The van der Waals surface area contributed by atoms with Crippen molar-refractivity contribution in [3.63, 3.8) is 0 Å². The number of piperidine rings is 1. The Morgan fingerprint density at radius 3 is 2.57 bits per heavy atom. The molecule has 0 atom stereocenters. The molecule has 1 fully saturated rings. The minimum Gasteiger partial charge on any atom is -0.317 e. The Bertz CT molecular complexity index is 245. The summed E-state index contributed by atoms with van der Waals surface area (Å²) < 4.78 is 26.0. The van der Waals surface area contributed by atoms with E-state index in [0.717, 1.165) is 38.1 Å². The van der Waals surface area contributed by atoms with Crippen molar-refractivity contribution < 1.29 is 12.6 Å². The van der Waals surface area contributed by atoms with Gasteiger partial charge in [-0.2, -0.15) is 8.42 Å². The van der Waals surface area contributed by atoms with Gasteiger partial charge in [0, 0.05) is 0 Å². The summed E-state index contributed by atoms with van der Waals surface area (Å²) in [5.74, 6) is 0.749. The lowest BCUT2D eigenvalue weighted by molar-refractivity contribution is 0.278. The van der Waals surface area contributed by atoms with Crippen LogP contribution >= 0.6 is 0 Å². The minimum atomic E-state index is -3.24. The van der Waals surface area contributed by atoms with Crippen molar-refractivity contribution in [2.75, 3.05) is 26.0 Å². The van der Waals surface area contributed by atoms with Gasteiger partial charge in [0.25, 0.3) is 10.1 Å². The summed E-state index contributed by atoms with van der Waals surface area (Å²) in [5.41, 5.74) is 0. The smallest absolute Gasteiger partial charge is 0.264 e. The first-order valence-electron chi connectivity index (χ1n) is 5.13. The fraction of sp³-hybridized carbons (Fsp3) is 1.00. The number of hydrogen-bond acceptors (Lipinski definition) is 4. The molecule has 0 aromatic heterocycles. The van der Waals surface area contributed by atoms with E-state index in [1.54, 1.807) is 0 Å². The molecule has 1 heterocycles. The van der Waals surface area contributed by atoms with Crippen LogP contribution in [0.2, 0.25) is 0 Å². The Morgan fingerprint density at radius 1 is 1.36 bits per heavy atom. The van der Waals surface area contributed by atoms with E-state index < -0.39 is 10.1 Å². The standard InChI is InChI=1S/C9H19NO3S/c1-14(11,12)13-8-2-3-9-4-6-10-7-5-9/h9-10H,2-8H2,1H3. The van der Waals surface area contributed by atoms with Crippen molar-refractivity contribution in [2.24, 2.45) is 5.92 Å². The Labute approximate surface area is 86.2 Å². The molecule has 1 aliphatic rings. The highest BCUT2D eigenvalue weighted by Gasteiger charge is 2.12. The molecule has 0 amide bonds. The van der Waals surface area contributed by atoms with Gasteiger partial charge in [-0.15, -0.1) is 0 Å². The van der Waals surface area contributed by atoms with Crippen LogP contribution in [0, 0.1) is 5.92 Å². The molecule has 0 aromatic carbocycles. The fourth-order valence-corrected chi connectivity index (χ4v) is 2.17. The Balaban J connectivity index is 2.03. The second kappa shape index (κ2) is 5.68. The van der Waals surface area contributed by atoms with Gasteiger partial charge in [0.1, 0.15) is 0 Å². The highest BCUT2D eigenvalue weighted by molar-refractivity contribution is 7.85. The topological polar surface area (TPSA) is 55.4 Å². The minimum absolute atomic E-state index is 0.336. The summed E-state index contributed by atoms with van der Waals surface area (Å²) in [7, 11) is -3.24. The summed E-state index contributed by atoms with van der Waals surface area (Å²) in [4.78, 5) is 0. The van der Waals surface area contributed by atoms with Crippen LogP contribution in [-0.2, 0) is 14.3 Å². The van der Waals surface area contributed by atoms with Gasteiger partial charge in [-0.3, -0.25) is 4.18 Å². The lowest BCUT2D eigenvalue weighted by Crippen LogP contribution is -2.27. The van der Waals surface area contributed by atoms with E-state index in [9.17, 15) is 8.42 Å². The maximum Gasteiger partial charge on any atom is 0.264 e. The van der Waals surface area contributed by atoms with E-state index in [0.29, 0.717) is 6.61 Å². The Kier molecular flexibility index (Phi) is 4.84. The third-order valence-electron chi connectivity index (χ3n) is 2.51. The van der Waals surface area contributed by atoms with Crippen molar-refractivity contribution in [2.45, 2.75) is 25.7 Å². The lowest BCUT2D eigenvalue weighted by Gasteiger charge is -2.22. The van der Waals surface area contributed by atoms with Crippen LogP contribution in [0.15, 0.2) is 0 Å². The van der Waals surface area contributed by atoms with Crippen molar-refractivity contribution in [1.82, 2.24) is 5.32 Å². The second-order valence-electron chi connectivity index (χ2n) is 3.86. The van der Waals surface area contributed by atoms with Crippen LogP contribution in [0.25, 0.3) is 0 Å². The molecule has 0 spiro atoms. The molecule has 0 unspecified atom stereocenters. The van der Waals surface area contributed by atoms with E-state index in [1.165, 1.54) is 12.8 Å². The zero-order valence-corrected chi connectivity index (χ0v) is 9.48. The van der Waals surface area contributed by atoms with Gasteiger partial charge in [0.15, 0.2) is 0 Å². The first-order chi connectivity index (χ1) is 6.58. The predicted molar refractivity (Wildman–Crippen MR) is 55.6 cm³/mol. The molecule has 0 saturated carbocycles. The summed E-state index contributed by atoms with van der Waals surface area (Å²) in [6.45, 7) is 2.53. The maximum atomic E-state index is 10.7. The van der Waals surface area contributed by atoms with E-state index in [-0.39, 0.29) is 0 Å². The van der Waals surface area contributed by atoms with Gasteiger partial charge >= 0.3 is 0 Å². The van der Waals surface area contributed by atoms with Crippen LogP contribution in [0.1, 0.15) is 25.7 Å². The van der Waals surface area contributed by atoms with Crippen LogP contribution in [0.4, 0.5) is 0 Å². The Morgan fingerprint density at radius 2 is 2.00 bits per heavy atom. The van der Waals surface area contributed by atoms with Crippen LogP contribution in [-0.4, -0.2) is 34.4 Å². The van der Waals surface area contributed by atoms with E-state index >= 15 is 0 Å². The monoisotopic (exact) mass is 221 g/mol. The summed E-state index contributed by atoms with van der Waals surface area (Å²) in [6, 6.07) is 0. The number of rotatable bonds is 5. The average molecular weight is 221 g/mol. The molecule has 1 aliphatic heterocycles. The lowest BCUT2D eigenvalue weighted by atomic mass is 9.93. The van der Waals surface area contributed by atoms with Crippen molar-refractivity contribution in [1.29, 1.82) is 0 Å². The van der Waals surface area contributed by atoms with Gasteiger partial charge < -0.3 is 5.32 Å². The fourth-order valence-electron chi connectivity index (χ4n) is 1.75. The van der Waals surface area contributed by atoms with E-state index in [2.05, 4.69) is 9.50 Å². The van der Waals surface area contributed by atoms with Gasteiger partial charge in [-0.1, -0.05) is 0 Å². The van der Waals surface area contributed by atoms with Crippen molar-refractivity contribution in [3.8, 4) is 0 Å². The first-order valence-corrected chi connectivity index (χ1v) is 6.95. The molecule has 0 aromatic rings. The van der Waals surface area contributed by atoms with Gasteiger partial charge in [0.05, 0.1) is 12.9 Å². The van der Waals surface area contributed by atoms with Crippen molar-refractivity contribution >= 4 is 10.1 Å². The maximum absolute atomic E-state index is 10.7. The molecule has 1 rings (SSSR count). The zero-order chi connectivity index (χ0) is 10.4. The first kappa shape index (κ1) is 11.9. The molecule has 0 aliphatic carbocycles. The summed E-state index contributed by atoms with van der Waals surface area (Å²) >= 11 is 0. The molecular formula is C9H19NO3S. The summed E-state index contributed by atoms with van der Waals surface area (Å²) in [5, 5.41) is 3.30. The highest BCUT2D eigenvalue weighted by atomic mass is 32.2. The quantitative estimate of drug-likeness (QED) is 0.549. The van der Waals surface area contributed by atoms with Crippen LogP contribution in [0.3, 0.4) is 0 Å². The van der Waals surface area contributed by atoms with E-state index in [1.807, 2.05) is 0 Å². The third kappa shape index (κ3) is 5.57. The molecule has 0 bridgehead atoms. The van der Waals surface area contributed by atoms with Gasteiger partial charge in [-0.05, 0) is 44.7 Å². The Hall–Kier alpha value is -0.130. The van der Waals surface area contributed by atoms with E-state index in [4.69, 9.17) is 0 Å². The second-order valence-corrected chi connectivity index (χ2v) is 5.51. The van der Waals surface area contributed by atoms with Crippen molar-refractivity contribution in [3.05, 3.63) is 0 Å². The molecule has 1 N–H and O–H groups in total. The molecule has 5 heteroatoms. The van der Waals surface area contributed by atoms with Crippen LogP contribution in [0.5, 0.6) is 0 Å². The SMILES string of the molecule is CS(=O)(=O)OCCCC1CCNCC1.